The fourth-order valence-corrected chi connectivity index (χ4v) is 4.46. The van der Waals surface area contributed by atoms with Gasteiger partial charge >= 0.3 is 0 Å². The molecule has 0 radical (unpaired) electrons. The van der Waals surface area contributed by atoms with Gasteiger partial charge < -0.3 is 5.32 Å². The van der Waals surface area contributed by atoms with E-state index in [-0.39, 0.29) is 6.04 Å². The molecule has 6 heteroatoms. The summed E-state index contributed by atoms with van der Waals surface area (Å²) in [5.74, 6) is 0. The van der Waals surface area contributed by atoms with E-state index in [1.54, 1.807) is 6.07 Å². The summed E-state index contributed by atoms with van der Waals surface area (Å²) in [4.78, 5) is 4.76. The lowest BCUT2D eigenvalue weighted by Crippen LogP contribution is -2.26. The number of nitrogens with zero attached hydrogens (tertiary/aromatic N) is 1. The van der Waals surface area contributed by atoms with Crippen LogP contribution in [0.5, 0.6) is 0 Å². The molecule has 1 unspecified atom stereocenters. The minimum absolute atomic E-state index is 0.0602. The van der Waals surface area contributed by atoms with Crippen LogP contribution in [0.3, 0.4) is 0 Å². The number of sulfonamides is 1. The topological polar surface area (TPSA) is 71.1 Å². The minimum atomic E-state index is -3.35. The molecule has 0 spiro atoms. The largest absolute Gasteiger partial charge is 0.303 e. The van der Waals surface area contributed by atoms with E-state index >= 15 is 0 Å². The predicted octanol–water partition coefficient (Wildman–Crippen LogP) is 4.45. The summed E-state index contributed by atoms with van der Waals surface area (Å²) in [6, 6.07) is 18.5. The van der Waals surface area contributed by atoms with E-state index in [0.29, 0.717) is 11.7 Å². The van der Waals surface area contributed by atoms with Gasteiger partial charge in [-0.3, -0.25) is 9.71 Å². The van der Waals surface area contributed by atoms with Gasteiger partial charge in [-0.2, -0.15) is 0 Å². The molecule has 2 aliphatic rings. The van der Waals surface area contributed by atoms with Crippen molar-refractivity contribution in [2.24, 2.45) is 0 Å². The van der Waals surface area contributed by atoms with Crippen LogP contribution in [0, 0.1) is 0 Å². The monoisotopic (exact) mass is 417 g/mol. The molecule has 0 aliphatic heterocycles. The third-order valence-corrected chi connectivity index (χ3v) is 6.08. The van der Waals surface area contributed by atoms with Crippen LogP contribution in [0.25, 0.3) is 23.3 Å². The highest BCUT2D eigenvalue weighted by atomic mass is 32.2. The highest BCUT2D eigenvalue weighted by Gasteiger charge is 2.30. The van der Waals surface area contributed by atoms with Gasteiger partial charge in [0.2, 0.25) is 10.0 Å². The highest BCUT2D eigenvalue weighted by molar-refractivity contribution is 7.92. The van der Waals surface area contributed by atoms with Gasteiger partial charge in [0.05, 0.1) is 18.0 Å². The number of hydrogen-bond acceptors (Lipinski definition) is 4. The smallest absolute Gasteiger partial charge is 0.229 e. The summed E-state index contributed by atoms with van der Waals surface area (Å²) in [6.45, 7) is 0. The van der Waals surface area contributed by atoms with Crippen LogP contribution in [0.2, 0.25) is 0 Å². The normalized spacial score (nSPS) is 17.7. The second kappa shape index (κ2) is 7.38. The maximum Gasteiger partial charge on any atom is 0.229 e. The third-order valence-electron chi connectivity index (χ3n) is 5.47. The van der Waals surface area contributed by atoms with Gasteiger partial charge in [-0.1, -0.05) is 42.5 Å². The van der Waals surface area contributed by atoms with Gasteiger partial charge in [-0.25, -0.2) is 8.42 Å². The van der Waals surface area contributed by atoms with Crippen LogP contribution in [0.15, 0.2) is 60.8 Å². The standard InChI is InChI=1S/C24H23N3O2S/c1-30(28,29)27-20-9-7-17-8-12-23-22(24(21(17)14-20)26-19-10-11-19)13-18(15-25-23)16-5-3-2-4-6-16/h2-9,12-15,19,24,26-27H,10-11H2,1H3. The Balaban J connectivity index is 1.64. The summed E-state index contributed by atoms with van der Waals surface area (Å²) in [5.41, 5.74) is 6.92. The number of rotatable bonds is 5. The Morgan fingerprint density at radius 3 is 2.47 bits per heavy atom. The fourth-order valence-electron chi connectivity index (χ4n) is 3.91. The van der Waals surface area contributed by atoms with Crippen LogP contribution in [0.4, 0.5) is 5.69 Å². The molecule has 3 aromatic rings. The van der Waals surface area contributed by atoms with Gasteiger partial charge in [-0.05, 0) is 59.4 Å². The Morgan fingerprint density at radius 2 is 1.73 bits per heavy atom. The number of anilines is 1. The van der Waals surface area contributed by atoms with Gasteiger partial charge in [0, 0.05) is 23.5 Å². The van der Waals surface area contributed by atoms with Crippen molar-refractivity contribution < 1.29 is 8.42 Å². The van der Waals surface area contributed by atoms with Crippen molar-refractivity contribution in [3.63, 3.8) is 0 Å². The number of benzene rings is 2. The fraction of sp³-hybridized carbons (Fsp3) is 0.208. The van der Waals surface area contributed by atoms with Crippen molar-refractivity contribution in [3.05, 3.63) is 83.2 Å². The molecule has 5 nitrogen and oxygen atoms in total. The minimum Gasteiger partial charge on any atom is -0.303 e. The van der Waals surface area contributed by atoms with E-state index in [1.165, 1.54) is 6.26 Å². The second-order valence-electron chi connectivity index (χ2n) is 7.99. The molecule has 2 aromatic carbocycles. The van der Waals surface area contributed by atoms with Crippen molar-refractivity contribution in [1.82, 2.24) is 10.3 Å². The van der Waals surface area contributed by atoms with Crippen LogP contribution in [-0.2, 0) is 10.0 Å². The third kappa shape index (κ3) is 4.01. The van der Waals surface area contributed by atoms with E-state index in [2.05, 4.69) is 34.3 Å². The van der Waals surface area contributed by atoms with Crippen LogP contribution in [0.1, 0.15) is 41.3 Å². The molecule has 2 N–H and O–H groups in total. The Kier molecular flexibility index (Phi) is 4.68. The van der Waals surface area contributed by atoms with E-state index in [4.69, 9.17) is 4.98 Å². The maximum atomic E-state index is 11.8. The second-order valence-corrected chi connectivity index (χ2v) is 9.74. The first-order valence-corrected chi connectivity index (χ1v) is 12.0. The van der Waals surface area contributed by atoms with Crippen molar-refractivity contribution >= 4 is 27.9 Å². The molecule has 1 atom stereocenters. The van der Waals surface area contributed by atoms with Gasteiger partial charge in [-0.15, -0.1) is 0 Å². The van der Waals surface area contributed by atoms with E-state index in [0.717, 1.165) is 46.4 Å². The molecule has 1 heterocycles. The lowest BCUT2D eigenvalue weighted by Gasteiger charge is -2.23. The van der Waals surface area contributed by atoms with Gasteiger partial charge in [0.15, 0.2) is 0 Å². The molecule has 2 aliphatic carbocycles. The molecule has 0 bridgehead atoms. The highest BCUT2D eigenvalue weighted by Crippen LogP contribution is 2.38. The average molecular weight is 418 g/mol. The molecule has 0 saturated heterocycles. The number of aromatic nitrogens is 1. The number of fused-ring (bicyclic) bond motifs is 2. The molecule has 1 saturated carbocycles. The number of nitrogens with one attached hydrogen (secondary N) is 2. The van der Waals surface area contributed by atoms with Crippen molar-refractivity contribution in [3.8, 4) is 11.1 Å². The van der Waals surface area contributed by atoms with Crippen molar-refractivity contribution in [2.75, 3.05) is 11.0 Å². The Morgan fingerprint density at radius 1 is 0.933 bits per heavy atom. The number of hydrogen-bond donors (Lipinski definition) is 2. The number of pyridine rings is 1. The summed E-state index contributed by atoms with van der Waals surface area (Å²) < 4.78 is 26.1. The van der Waals surface area contributed by atoms with Crippen molar-refractivity contribution in [1.29, 1.82) is 0 Å². The molecule has 1 aromatic heterocycles. The lowest BCUT2D eigenvalue weighted by atomic mass is 9.93. The molecule has 152 valence electrons. The van der Waals surface area contributed by atoms with Crippen LogP contribution in [-0.4, -0.2) is 25.7 Å². The van der Waals surface area contributed by atoms with Gasteiger partial charge in [0.1, 0.15) is 0 Å². The first-order valence-electron chi connectivity index (χ1n) is 10.1. The molecule has 1 fully saturated rings. The maximum absolute atomic E-state index is 11.8. The van der Waals surface area contributed by atoms with E-state index in [9.17, 15) is 8.42 Å². The van der Waals surface area contributed by atoms with Gasteiger partial charge in [0.25, 0.3) is 0 Å². The predicted molar refractivity (Wildman–Crippen MR) is 122 cm³/mol. The quantitative estimate of drug-likeness (QED) is 0.644. The zero-order valence-electron chi connectivity index (χ0n) is 16.7. The lowest BCUT2D eigenvalue weighted by molar-refractivity contribution is 0.598. The van der Waals surface area contributed by atoms with Crippen LogP contribution < -0.4 is 10.0 Å². The summed E-state index contributed by atoms with van der Waals surface area (Å²) >= 11 is 0. The van der Waals surface area contributed by atoms with Crippen LogP contribution >= 0.6 is 0 Å². The molecule has 5 rings (SSSR count). The van der Waals surface area contributed by atoms with Crippen molar-refractivity contribution in [2.45, 2.75) is 24.9 Å². The molecule has 30 heavy (non-hydrogen) atoms. The zero-order chi connectivity index (χ0) is 20.7. The summed E-state index contributed by atoms with van der Waals surface area (Å²) in [5, 5.41) is 3.76. The Bertz CT molecular complexity index is 1230. The molecule has 0 amide bonds. The summed E-state index contributed by atoms with van der Waals surface area (Å²) in [7, 11) is -3.35. The SMILES string of the molecule is CS(=O)(=O)Nc1ccc2c(c1)C(NC1CC1)c1cc(-c3ccccc3)cnc1C=C2. The van der Waals surface area contributed by atoms with E-state index < -0.39 is 10.0 Å². The molecular weight excluding hydrogens is 394 g/mol. The van der Waals surface area contributed by atoms with E-state index in [1.807, 2.05) is 42.6 Å². The molecular formula is C24H23N3O2S. The zero-order valence-corrected chi connectivity index (χ0v) is 17.5. The first-order chi connectivity index (χ1) is 14.5. The summed E-state index contributed by atoms with van der Waals surface area (Å²) in [6.07, 6.45) is 9.50. The first kappa shape index (κ1) is 19.0. The average Bonchev–Trinajstić information content (AvgIpc) is 3.56. The Hall–Kier alpha value is -2.96. The Labute approximate surface area is 176 Å².